The van der Waals surface area contributed by atoms with Crippen molar-refractivity contribution in [3.8, 4) is 11.4 Å². The Morgan fingerprint density at radius 3 is 1.51 bits per heavy atom. The highest BCUT2D eigenvalue weighted by molar-refractivity contribution is 6.60. The summed E-state index contributed by atoms with van der Waals surface area (Å²) in [6, 6.07) is 37.2. The molecule has 172 valence electrons. The number of hydrogen-bond donors (Lipinski definition) is 2. The van der Waals surface area contributed by atoms with E-state index in [1.54, 1.807) is 22.9 Å². The summed E-state index contributed by atoms with van der Waals surface area (Å²) >= 11 is 0. The second-order valence-corrected chi connectivity index (χ2v) is 7.68. The minimum absolute atomic E-state index is 0.330. The van der Waals surface area contributed by atoms with E-state index in [4.69, 9.17) is 0 Å². The zero-order valence-electron chi connectivity index (χ0n) is 19.1. The molecular weight excluding hydrogens is 435 g/mol. The lowest BCUT2D eigenvalue weighted by Gasteiger charge is -2.36. The highest BCUT2D eigenvalue weighted by Gasteiger charge is 2.42. The molecule has 0 aliphatic heterocycles. The molecule has 0 aliphatic rings. The third-order valence-corrected chi connectivity index (χ3v) is 5.84. The fraction of sp³-hybridized carbons (Fsp3) is 0.0357. The van der Waals surface area contributed by atoms with Gasteiger partial charge in [0.1, 0.15) is 5.54 Å². The molecule has 2 N–H and O–H groups in total. The van der Waals surface area contributed by atoms with Gasteiger partial charge in [0.05, 0.1) is 0 Å². The standard InChI is InChI=1S/C26H21BN4O2.C2H4/c32-27(33)24-19-11-10-18-23(24)25-28-29-30-31(25)26(20-12-4-1-5-13-20,21-14-6-2-7-15-21)22-16-8-3-9-17-22;1-2/h1-19,32-33H;1-2H2. The number of hydrogen-bond acceptors (Lipinski definition) is 5. The Bertz CT molecular complexity index is 1260. The zero-order chi connectivity index (χ0) is 24.7. The molecule has 35 heavy (non-hydrogen) atoms. The Morgan fingerprint density at radius 2 is 1.06 bits per heavy atom. The number of benzene rings is 4. The summed E-state index contributed by atoms with van der Waals surface area (Å²) in [5, 5.41) is 32.9. The summed E-state index contributed by atoms with van der Waals surface area (Å²) in [5.41, 5.74) is 2.88. The van der Waals surface area contributed by atoms with Gasteiger partial charge < -0.3 is 10.0 Å². The second-order valence-electron chi connectivity index (χ2n) is 7.68. The molecule has 0 bridgehead atoms. The van der Waals surface area contributed by atoms with Gasteiger partial charge in [0.15, 0.2) is 5.82 Å². The third-order valence-electron chi connectivity index (χ3n) is 5.84. The molecule has 0 saturated carbocycles. The van der Waals surface area contributed by atoms with E-state index in [0.717, 1.165) is 16.7 Å². The first-order valence-electron chi connectivity index (χ1n) is 11.1. The molecule has 0 amide bonds. The number of aromatic nitrogens is 4. The Balaban J connectivity index is 0.00000141. The molecule has 0 spiro atoms. The van der Waals surface area contributed by atoms with E-state index in [9.17, 15) is 10.0 Å². The molecule has 0 radical (unpaired) electrons. The van der Waals surface area contributed by atoms with Crippen LogP contribution in [0.25, 0.3) is 11.4 Å². The summed E-state index contributed by atoms with van der Waals surface area (Å²) in [6.07, 6.45) is 0. The van der Waals surface area contributed by atoms with Crippen molar-refractivity contribution in [1.82, 2.24) is 20.2 Å². The molecule has 0 saturated heterocycles. The predicted molar refractivity (Wildman–Crippen MR) is 139 cm³/mol. The lowest BCUT2D eigenvalue weighted by Crippen LogP contribution is -2.40. The van der Waals surface area contributed by atoms with E-state index in [0.29, 0.717) is 16.9 Å². The van der Waals surface area contributed by atoms with Crippen LogP contribution >= 0.6 is 0 Å². The first kappa shape index (κ1) is 23.8. The van der Waals surface area contributed by atoms with Gasteiger partial charge in [-0.3, -0.25) is 0 Å². The molecule has 0 fully saturated rings. The van der Waals surface area contributed by atoms with Crippen molar-refractivity contribution in [1.29, 1.82) is 0 Å². The first-order valence-corrected chi connectivity index (χ1v) is 11.1. The van der Waals surface area contributed by atoms with Crippen LogP contribution in [0.1, 0.15) is 16.7 Å². The van der Waals surface area contributed by atoms with Crippen molar-refractivity contribution in [2.45, 2.75) is 5.54 Å². The topological polar surface area (TPSA) is 84.1 Å². The van der Waals surface area contributed by atoms with Gasteiger partial charge >= 0.3 is 7.12 Å². The summed E-state index contributed by atoms with van der Waals surface area (Å²) in [5.74, 6) is 0.426. The maximum absolute atomic E-state index is 10.0. The quantitative estimate of drug-likeness (QED) is 0.230. The van der Waals surface area contributed by atoms with Crippen LogP contribution < -0.4 is 5.46 Å². The highest BCUT2D eigenvalue weighted by atomic mass is 16.4. The van der Waals surface area contributed by atoms with Crippen molar-refractivity contribution in [2.24, 2.45) is 0 Å². The van der Waals surface area contributed by atoms with Crippen molar-refractivity contribution in [3.05, 3.63) is 145 Å². The maximum Gasteiger partial charge on any atom is 0.489 e. The minimum atomic E-state index is -1.66. The average molecular weight is 460 g/mol. The normalized spacial score (nSPS) is 10.8. The smallest absolute Gasteiger partial charge is 0.423 e. The van der Waals surface area contributed by atoms with Gasteiger partial charge in [-0.2, -0.15) is 0 Å². The van der Waals surface area contributed by atoms with Gasteiger partial charge in [0.25, 0.3) is 0 Å². The van der Waals surface area contributed by atoms with Gasteiger partial charge in [-0.05, 0) is 32.6 Å². The molecule has 0 unspecified atom stereocenters. The van der Waals surface area contributed by atoms with Crippen LogP contribution in [-0.4, -0.2) is 37.4 Å². The molecule has 0 aliphatic carbocycles. The van der Waals surface area contributed by atoms with Crippen LogP contribution in [-0.2, 0) is 5.54 Å². The van der Waals surface area contributed by atoms with Crippen LogP contribution in [0.15, 0.2) is 128 Å². The summed E-state index contributed by atoms with van der Waals surface area (Å²) in [7, 11) is -1.66. The SMILES string of the molecule is C=C.OB(O)c1ccccc1-c1nnnn1C(c1ccccc1)(c1ccccc1)c1ccccc1. The monoisotopic (exact) mass is 460 g/mol. The third kappa shape index (κ3) is 4.30. The molecule has 1 heterocycles. The molecule has 5 rings (SSSR count). The van der Waals surface area contributed by atoms with E-state index in [1.807, 2.05) is 60.7 Å². The molecule has 0 atom stereocenters. The van der Waals surface area contributed by atoms with Gasteiger partial charge in [0, 0.05) is 5.56 Å². The van der Waals surface area contributed by atoms with Crippen molar-refractivity contribution in [2.75, 3.05) is 0 Å². The summed E-state index contributed by atoms with van der Waals surface area (Å²) in [6.45, 7) is 6.00. The van der Waals surface area contributed by atoms with Gasteiger partial charge in [0.2, 0.25) is 0 Å². The van der Waals surface area contributed by atoms with E-state index < -0.39 is 12.7 Å². The summed E-state index contributed by atoms with van der Waals surface area (Å²) in [4.78, 5) is 0. The van der Waals surface area contributed by atoms with E-state index >= 15 is 0 Å². The Morgan fingerprint density at radius 1 is 0.629 bits per heavy atom. The van der Waals surface area contributed by atoms with Crippen molar-refractivity contribution in [3.63, 3.8) is 0 Å². The molecule has 6 nitrogen and oxygen atoms in total. The van der Waals surface area contributed by atoms with Gasteiger partial charge in [-0.15, -0.1) is 18.3 Å². The molecule has 1 aromatic heterocycles. The summed E-state index contributed by atoms with van der Waals surface area (Å²) < 4.78 is 1.77. The lowest BCUT2D eigenvalue weighted by atomic mass is 9.75. The average Bonchev–Trinajstić information content (AvgIpc) is 3.42. The number of rotatable bonds is 6. The van der Waals surface area contributed by atoms with Crippen LogP contribution in [0.4, 0.5) is 0 Å². The van der Waals surface area contributed by atoms with Crippen LogP contribution in [0, 0.1) is 0 Å². The van der Waals surface area contributed by atoms with Crippen molar-refractivity contribution >= 4 is 12.6 Å². The minimum Gasteiger partial charge on any atom is -0.423 e. The maximum atomic E-state index is 10.0. The lowest BCUT2D eigenvalue weighted by molar-refractivity contribution is 0.425. The molecule has 4 aromatic carbocycles. The van der Waals surface area contributed by atoms with Crippen LogP contribution in [0.2, 0.25) is 0 Å². The van der Waals surface area contributed by atoms with E-state index in [1.165, 1.54) is 0 Å². The van der Waals surface area contributed by atoms with Gasteiger partial charge in [-0.25, -0.2) is 4.68 Å². The fourth-order valence-electron chi connectivity index (χ4n) is 4.41. The van der Waals surface area contributed by atoms with Crippen molar-refractivity contribution < 1.29 is 10.0 Å². The van der Waals surface area contributed by atoms with E-state index in [-0.39, 0.29) is 0 Å². The largest absolute Gasteiger partial charge is 0.489 e. The van der Waals surface area contributed by atoms with Crippen LogP contribution in [0.5, 0.6) is 0 Å². The Kier molecular flexibility index (Phi) is 7.31. The molecular formula is C28H25BN4O2. The number of nitrogens with zero attached hydrogens (tertiary/aromatic N) is 4. The second kappa shape index (κ2) is 10.7. The Hall–Kier alpha value is -4.33. The predicted octanol–water partition coefficient (Wildman–Crippen LogP) is 3.66. The fourth-order valence-corrected chi connectivity index (χ4v) is 4.41. The molecule has 7 heteroatoms. The van der Waals surface area contributed by atoms with E-state index in [2.05, 4.69) is 65.1 Å². The zero-order valence-corrected chi connectivity index (χ0v) is 19.1. The number of tetrazole rings is 1. The Labute approximate surface area is 205 Å². The van der Waals surface area contributed by atoms with Crippen LogP contribution in [0.3, 0.4) is 0 Å². The first-order chi connectivity index (χ1) is 17.2. The molecule has 5 aromatic rings. The van der Waals surface area contributed by atoms with Gasteiger partial charge in [-0.1, -0.05) is 115 Å². The highest BCUT2D eigenvalue weighted by Crippen LogP contribution is 2.41.